The van der Waals surface area contributed by atoms with E-state index < -0.39 is 10.0 Å². The molecule has 28 heavy (non-hydrogen) atoms. The highest BCUT2D eigenvalue weighted by molar-refractivity contribution is 7.89. The normalized spacial score (nSPS) is 11.5. The molecule has 0 atom stereocenters. The zero-order chi connectivity index (χ0) is 20.9. The van der Waals surface area contributed by atoms with Gasteiger partial charge in [0.1, 0.15) is 0 Å². The van der Waals surface area contributed by atoms with Gasteiger partial charge in [-0.2, -0.15) is 4.31 Å². The summed E-state index contributed by atoms with van der Waals surface area (Å²) in [6.45, 7) is 6.44. The minimum Gasteiger partial charge on any atom is -0.376 e. The van der Waals surface area contributed by atoms with E-state index in [9.17, 15) is 13.2 Å². The van der Waals surface area contributed by atoms with E-state index in [1.807, 2.05) is 31.1 Å². The molecule has 0 spiro atoms. The molecule has 0 heterocycles. The van der Waals surface area contributed by atoms with Crippen molar-refractivity contribution in [2.75, 3.05) is 37.4 Å². The van der Waals surface area contributed by atoms with E-state index in [1.165, 1.54) is 10.4 Å². The van der Waals surface area contributed by atoms with E-state index in [0.29, 0.717) is 24.3 Å². The maximum atomic E-state index is 12.9. The summed E-state index contributed by atoms with van der Waals surface area (Å²) in [7, 11) is 0.0816. The third-order valence-corrected chi connectivity index (χ3v) is 6.71. The molecular formula is C21H29N3O3S. The highest BCUT2D eigenvalue weighted by atomic mass is 32.2. The van der Waals surface area contributed by atoms with Gasteiger partial charge in [0, 0.05) is 32.7 Å². The summed E-state index contributed by atoms with van der Waals surface area (Å²) in [5, 5.41) is 2.87. The zero-order valence-electron chi connectivity index (χ0n) is 17.2. The van der Waals surface area contributed by atoms with E-state index in [2.05, 4.69) is 12.2 Å². The Hall–Kier alpha value is -2.38. The Morgan fingerprint density at radius 2 is 1.57 bits per heavy atom. The zero-order valence-corrected chi connectivity index (χ0v) is 18.0. The van der Waals surface area contributed by atoms with Gasteiger partial charge in [0.15, 0.2) is 0 Å². The van der Waals surface area contributed by atoms with Crippen molar-refractivity contribution in [2.45, 2.75) is 32.1 Å². The third-order valence-electron chi connectivity index (χ3n) is 4.67. The summed E-state index contributed by atoms with van der Waals surface area (Å²) >= 11 is 0. The number of carbonyl (C=O) groups excluding carboxylic acids is 1. The molecule has 0 saturated carbocycles. The molecule has 0 aliphatic heterocycles. The molecule has 2 rings (SSSR count). The number of amides is 1. The first-order valence-electron chi connectivity index (χ1n) is 9.46. The fourth-order valence-electron chi connectivity index (χ4n) is 2.96. The van der Waals surface area contributed by atoms with Crippen LogP contribution in [0.1, 0.15) is 36.7 Å². The number of sulfonamides is 1. The van der Waals surface area contributed by atoms with Gasteiger partial charge in [0.25, 0.3) is 5.91 Å². The quantitative estimate of drug-likeness (QED) is 0.731. The molecule has 0 aliphatic rings. The molecule has 2 aromatic rings. The number of nitrogens with one attached hydrogen (secondary N) is 1. The van der Waals surface area contributed by atoms with Crippen LogP contribution in [0.2, 0.25) is 0 Å². The molecule has 6 nitrogen and oxygen atoms in total. The predicted molar refractivity (Wildman–Crippen MR) is 115 cm³/mol. The summed E-state index contributed by atoms with van der Waals surface area (Å²) in [5.74, 6) is -0.275. The van der Waals surface area contributed by atoms with Crippen LogP contribution >= 0.6 is 0 Å². The van der Waals surface area contributed by atoms with E-state index >= 15 is 0 Å². The molecule has 0 aromatic heterocycles. The number of hydrogen-bond acceptors (Lipinski definition) is 4. The second kappa shape index (κ2) is 9.21. The van der Waals surface area contributed by atoms with E-state index in [4.69, 9.17) is 0 Å². The minimum atomic E-state index is -3.61. The standard InChI is InChI=1S/C21H29N3O3S/c1-6-16-9-11-17(12-10-16)21(25)22-19-15-18(13-14-20(19)23(4)5)28(26,27)24(7-2)8-3/h9-15H,6-8H2,1-5H3,(H,22,25). The molecule has 0 bridgehead atoms. The summed E-state index contributed by atoms with van der Waals surface area (Å²) in [5.41, 5.74) is 2.87. The number of nitrogens with zero attached hydrogens (tertiary/aromatic N) is 2. The molecule has 0 unspecified atom stereocenters. The Morgan fingerprint density at radius 1 is 0.964 bits per heavy atom. The lowest BCUT2D eigenvalue weighted by Gasteiger charge is -2.22. The molecule has 0 aliphatic carbocycles. The second-order valence-corrected chi connectivity index (χ2v) is 8.61. The summed E-state index contributed by atoms with van der Waals surface area (Å²) in [6, 6.07) is 12.2. The average Bonchev–Trinajstić information content (AvgIpc) is 2.68. The molecule has 0 saturated heterocycles. The maximum Gasteiger partial charge on any atom is 0.255 e. The van der Waals surface area contributed by atoms with Crippen LogP contribution in [0, 0.1) is 0 Å². The first-order valence-corrected chi connectivity index (χ1v) is 10.9. The fraction of sp³-hybridized carbons (Fsp3) is 0.381. The lowest BCUT2D eigenvalue weighted by Crippen LogP contribution is -2.30. The van der Waals surface area contributed by atoms with Gasteiger partial charge in [0.2, 0.25) is 10.0 Å². The Balaban J connectivity index is 2.42. The average molecular weight is 404 g/mol. The summed E-state index contributed by atoms with van der Waals surface area (Å²) in [4.78, 5) is 14.7. The largest absolute Gasteiger partial charge is 0.376 e. The number of benzene rings is 2. The van der Waals surface area contributed by atoms with Crippen molar-refractivity contribution in [1.82, 2.24) is 4.31 Å². The van der Waals surface area contributed by atoms with Gasteiger partial charge < -0.3 is 10.2 Å². The first kappa shape index (κ1) is 21.9. The molecule has 0 radical (unpaired) electrons. The van der Waals surface area contributed by atoms with Crippen molar-refractivity contribution in [3.63, 3.8) is 0 Å². The van der Waals surface area contributed by atoms with Crippen molar-refractivity contribution in [3.8, 4) is 0 Å². The van der Waals surface area contributed by atoms with Gasteiger partial charge in [-0.05, 0) is 42.3 Å². The van der Waals surface area contributed by atoms with Crippen LogP contribution < -0.4 is 10.2 Å². The fourth-order valence-corrected chi connectivity index (χ4v) is 4.45. The highest BCUT2D eigenvalue weighted by Gasteiger charge is 2.23. The van der Waals surface area contributed by atoms with Crippen LogP contribution in [0.3, 0.4) is 0 Å². The van der Waals surface area contributed by atoms with Crippen molar-refractivity contribution in [1.29, 1.82) is 0 Å². The second-order valence-electron chi connectivity index (χ2n) is 6.67. The van der Waals surface area contributed by atoms with Crippen molar-refractivity contribution in [2.24, 2.45) is 0 Å². The lowest BCUT2D eigenvalue weighted by molar-refractivity contribution is 0.102. The van der Waals surface area contributed by atoms with Crippen molar-refractivity contribution >= 4 is 27.3 Å². The molecule has 152 valence electrons. The van der Waals surface area contributed by atoms with Gasteiger partial charge >= 0.3 is 0 Å². The van der Waals surface area contributed by atoms with Crippen LogP contribution in [-0.2, 0) is 16.4 Å². The minimum absolute atomic E-state index is 0.165. The first-order chi connectivity index (χ1) is 13.2. The lowest BCUT2D eigenvalue weighted by atomic mass is 10.1. The molecule has 0 fully saturated rings. The topological polar surface area (TPSA) is 69.7 Å². The van der Waals surface area contributed by atoms with E-state index in [0.717, 1.165) is 17.7 Å². The molecule has 2 aromatic carbocycles. The predicted octanol–water partition coefficient (Wildman–Crippen LogP) is 3.60. The Bertz CT molecular complexity index is 918. The van der Waals surface area contributed by atoms with Gasteiger partial charge in [0.05, 0.1) is 16.3 Å². The molecule has 1 amide bonds. The molecule has 1 N–H and O–H groups in total. The van der Waals surface area contributed by atoms with Crippen LogP contribution in [-0.4, -0.2) is 45.8 Å². The van der Waals surface area contributed by atoms with Crippen molar-refractivity contribution < 1.29 is 13.2 Å². The van der Waals surface area contributed by atoms with Crippen LogP contribution in [0.5, 0.6) is 0 Å². The van der Waals surface area contributed by atoms with Crippen LogP contribution in [0.25, 0.3) is 0 Å². The Labute approximate surface area is 168 Å². The van der Waals surface area contributed by atoms with Gasteiger partial charge in [-0.3, -0.25) is 4.79 Å². The van der Waals surface area contributed by atoms with Gasteiger partial charge in [-0.1, -0.05) is 32.9 Å². The Morgan fingerprint density at radius 3 is 2.07 bits per heavy atom. The number of hydrogen-bond donors (Lipinski definition) is 1. The number of anilines is 2. The molecule has 7 heteroatoms. The summed E-state index contributed by atoms with van der Waals surface area (Å²) in [6.07, 6.45) is 0.901. The summed E-state index contributed by atoms with van der Waals surface area (Å²) < 4.78 is 27.1. The smallest absolute Gasteiger partial charge is 0.255 e. The number of carbonyl (C=O) groups is 1. The van der Waals surface area contributed by atoms with E-state index in [-0.39, 0.29) is 10.8 Å². The monoisotopic (exact) mass is 403 g/mol. The maximum absolute atomic E-state index is 12.9. The van der Waals surface area contributed by atoms with Crippen LogP contribution in [0.15, 0.2) is 47.4 Å². The Kier molecular flexibility index (Phi) is 7.21. The van der Waals surface area contributed by atoms with Gasteiger partial charge in [-0.25, -0.2) is 8.42 Å². The molecular weight excluding hydrogens is 374 g/mol. The van der Waals surface area contributed by atoms with Gasteiger partial charge in [-0.15, -0.1) is 0 Å². The SMILES string of the molecule is CCc1ccc(C(=O)Nc2cc(S(=O)(=O)N(CC)CC)ccc2N(C)C)cc1. The van der Waals surface area contributed by atoms with Crippen LogP contribution in [0.4, 0.5) is 11.4 Å². The van der Waals surface area contributed by atoms with Crippen molar-refractivity contribution in [3.05, 3.63) is 53.6 Å². The third kappa shape index (κ3) is 4.72. The van der Waals surface area contributed by atoms with E-state index in [1.54, 1.807) is 38.1 Å². The highest BCUT2D eigenvalue weighted by Crippen LogP contribution is 2.29. The number of aryl methyl sites for hydroxylation is 1. The number of rotatable bonds is 8.